The van der Waals surface area contributed by atoms with E-state index in [1.807, 2.05) is 18.2 Å². The standard InChI is InChI=1S/C27H26FN3O3.2C2HF3O2/c28-24-6-4-17(12-30-27(32)20-5-7-25-26(10-20)34-16-33-25)9-23(24)19-3-1-2-18(8-19)14-31-15-21-11-22(31)13-29-21;2*3-2(4,5)1(6)7/h1-10,21-22,29H,11-16H2,(H,30,32);2*(H,6,7)/t21-,22-;;/m0../s1. The van der Waals surface area contributed by atoms with Crippen molar-refractivity contribution in [2.45, 2.75) is 43.9 Å². The second-order valence-electron chi connectivity index (χ2n) is 10.8. The average Bonchev–Trinajstić information content (AvgIpc) is 3.78. The molecule has 3 heterocycles. The Morgan fingerprint density at radius 3 is 2.15 bits per heavy atom. The number of ether oxygens (including phenoxy) is 2. The molecule has 0 saturated carbocycles. The van der Waals surface area contributed by atoms with Crippen molar-refractivity contribution in [3.63, 3.8) is 0 Å². The molecule has 2 saturated heterocycles. The van der Waals surface area contributed by atoms with Crippen LogP contribution in [-0.2, 0) is 22.7 Å². The van der Waals surface area contributed by atoms with Crippen LogP contribution in [0.15, 0.2) is 60.7 Å². The third-order valence-corrected chi connectivity index (χ3v) is 7.40. The average molecular weight is 688 g/mol. The Kier molecular flexibility index (Phi) is 11.2. The van der Waals surface area contributed by atoms with Gasteiger partial charge >= 0.3 is 24.3 Å². The van der Waals surface area contributed by atoms with Gasteiger partial charge in [0, 0.05) is 49.4 Å². The first-order chi connectivity index (χ1) is 22.5. The highest BCUT2D eigenvalue weighted by molar-refractivity contribution is 5.94. The van der Waals surface area contributed by atoms with Gasteiger partial charge in [0.2, 0.25) is 6.79 Å². The largest absolute Gasteiger partial charge is 0.490 e. The molecule has 3 aliphatic heterocycles. The zero-order valence-corrected chi connectivity index (χ0v) is 24.7. The van der Waals surface area contributed by atoms with Gasteiger partial charge in [-0.2, -0.15) is 26.3 Å². The number of carboxylic acids is 2. The number of piperazine rings is 1. The number of nitrogens with zero attached hydrogens (tertiary/aromatic N) is 1. The molecular formula is C31H28F7N3O7. The highest BCUT2D eigenvalue weighted by Crippen LogP contribution is 2.33. The van der Waals surface area contributed by atoms with Crippen LogP contribution in [0, 0.1) is 5.82 Å². The maximum absolute atomic E-state index is 14.8. The Morgan fingerprint density at radius 1 is 0.875 bits per heavy atom. The molecule has 0 radical (unpaired) electrons. The van der Waals surface area contributed by atoms with Crippen LogP contribution in [0.3, 0.4) is 0 Å². The van der Waals surface area contributed by atoms with E-state index in [-0.39, 0.29) is 18.5 Å². The fraction of sp³-hybridized carbons (Fsp3) is 0.323. The number of aliphatic carboxylic acids is 2. The molecule has 17 heteroatoms. The maximum Gasteiger partial charge on any atom is 0.490 e. The number of amides is 1. The summed E-state index contributed by atoms with van der Waals surface area (Å²) in [5, 5.41) is 20.7. The molecule has 4 N–H and O–H groups in total. The number of carbonyl (C=O) groups excluding carboxylic acids is 1. The van der Waals surface area contributed by atoms with Gasteiger partial charge in [0.15, 0.2) is 11.5 Å². The number of halogens is 7. The second-order valence-corrected chi connectivity index (χ2v) is 10.8. The summed E-state index contributed by atoms with van der Waals surface area (Å²) in [6.07, 6.45) is -8.95. The van der Waals surface area contributed by atoms with Crippen LogP contribution >= 0.6 is 0 Å². The molecule has 6 rings (SSSR count). The number of fused-ring (bicyclic) bond motifs is 3. The third kappa shape index (κ3) is 9.57. The molecule has 3 aromatic carbocycles. The number of carboxylic acid groups (broad SMARTS) is 2. The molecular weight excluding hydrogens is 659 g/mol. The molecule has 258 valence electrons. The van der Waals surface area contributed by atoms with E-state index in [0.717, 1.165) is 30.8 Å². The number of carbonyl (C=O) groups is 3. The topological polar surface area (TPSA) is 137 Å². The Hall–Kier alpha value is -4.90. The summed E-state index contributed by atoms with van der Waals surface area (Å²) in [4.78, 5) is 32.9. The van der Waals surface area contributed by atoms with E-state index in [1.54, 1.807) is 24.3 Å². The lowest BCUT2D eigenvalue weighted by atomic mass is 10.00. The number of benzene rings is 3. The lowest BCUT2D eigenvalue weighted by Crippen LogP contribution is -2.42. The van der Waals surface area contributed by atoms with E-state index in [0.29, 0.717) is 41.3 Å². The fourth-order valence-corrected chi connectivity index (χ4v) is 5.14. The van der Waals surface area contributed by atoms with Crippen LogP contribution in [0.2, 0.25) is 0 Å². The fourth-order valence-electron chi connectivity index (χ4n) is 5.14. The Labute approximate surface area is 268 Å². The smallest absolute Gasteiger partial charge is 0.475 e. The predicted octanol–water partition coefficient (Wildman–Crippen LogP) is 4.96. The lowest BCUT2D eigenvalue weighted by molar-refractivity contribution is -0.193. The van der Waals surface area contributed by atoms with Crippen LogP contribution in [0.4, 0.5) is 30.7 Å². The SMILES string of the molecule is O=C(NCc1ccc(F)c(-c2cccc(CN3C[C@@H]4C[C@H]3CN4)c2)c1)c1ccc2c(c1)OCO2.O=C(O)C(F)(F)F.O=C(O)C(F)(F)F. The molecule has 3 aromatic rings. The van der Waals surface area contributed by atoms with Gasteiger partial charge in [-0.25, -0.2) is 14.0 Å². The minimum Gasteiger partial charge on any atom is -0.475 e. The first kappa shape index (κ1) is 35.9. The highest BCUT2D eigenvalue weighted by Gasteiger charge is 2.39. The minimum absolute atomic E-state index is 0.163. The number of rotatable bonds is 6. The van der Waals surface area contributed by atoms with E-state index in [2.05, 4.69) is 27.7 Å². The number of likely N-dealkylation sites (tertiary alicyclic amines) is 1. The third-order valence-electron chi connectivity index (χ3n) is 7.40. The lowest BCUT2D eigenvalue weighted by Gasteiger charge is -2.27. The van der Waals surface area contributed by atoms with E-state index >= 15 is 0 Å². The molecule has 2 fully saturated rings. The number of nitrogens with one attached hydrogen (secondary N) is 2. The summed E-state index contributed by atoms with van der Waals surface area (Å²) in [7, 11) is 0. The van der Waals surface area contributed by atoms with E-state index in [4.69, 9.17) is 29.3 Å². The number of hydrogen-bond acceptors (Lipinski definition) is 7. The molecule has 3 aliphatic rings. The van der Waals surface area contributed by atoms with Crippen LogP contribution in [0.5, 0.6) is 11.5 Å². The van der Waals surface area contributed by atoms with Crippen molar-refractivity contribution in [2.24, 2.45) is 0 Å². The predicted molar refractivity (Wildman–Crippen MR) is 154 cm³/mol. The highest BCUT2D eigenvalue weighted by atomic mass is 19.4. The van der Waals surface area contributed by atoms with Crippen LogP contribution in [0.1, 0.15) is 27.9 Å². The summed E-state index contributed by atoms with van der Waals surface area (Å²) in [5.74, 6) is -4.81. The van der Waals surface area contributed by atoms with Crippen molar-refractivity contribution >= 4 is 17.8 Å². The van der Waals surface area contributed by atoms with Gasteiger partial charge in [0.25, 0.3) is 5.91 Å². The molecule has 2 bridgehead atoms. The van der Waals surface area contributed by atoms with Crippen LogP contribution < -0.4 is 20.1 Å². The minimum atomic E-state index is -5.08. The van der Waals surface area contributed by atoms with Crippen molar-refractivity contribution in [3.8, 4) is 22.6 Å². The van der Waals surface area contributed by atoms with Crippen LogP contribution in [-0.4, -0.2) is 77.3 Å². The van der Waals surface area contributed by atoms with Crippen molar-refractivity contribution in [1.29, 1.82) is 0 Å². The molecule has 48 heavy (non-hydrogen) atoms. The van der Waals surface area contributed by atoms with Gasteiger partial charge in [-0.15, -0.1) is 0 Å². The summed E-state index contributed by atoms with van der Waals surface area (Å²) in [6, 6.07) is 19.4. The van der Waals surface area contributed by atoms with Gasteiger partial charge in [0.05, 0.1) is 0 Å². The normalized spacial score (nSPS) is 17.9. The summed E-state index contributed by atoms with van der Waals surface area (Å²) in [5.41, 5.74) is 3.90. The maximum atomic E-state index is 14.8. The molecule has 0 unspecified atom stereocenters. The van der Waals surface area contributed by atoms with Crippen molar-refractivity contribution < 1.29 is 64.8 Å². The molecule has 1 amide bonds. The molecule has 10 nitrogen and oxygen atoms in total. The summed E-state index contributed by atoms with van der Waals surface area (Å²) >= 11 is 0. The molecule has 2 atom stereocenters. The van der Waals surface area contributed by atoms with Crippen LogP contribution in [0.25, 0.3) is 11.1 Å². The van der Waals surface area contributed by atoms with Crippen molar-refractivity contribution in [1.82, 2.24) is 15.5 Å². The van der Waals surface area contributed by atoms with E-state index in [1.165, 1.54) is 18.1 Å². The van der Waals surface area contributed by atoms with Crippen molar-refractivity contribution in [3.05, 3.63) is 83.2 Å². The Bertz CT molecular complexity index is 1630. The first-order valence-electron chi connectivity index (χ1n) is 14.1. The van der Waals surface area contributed by atoms with Crippen molar-refractivity contribution in [2.75, 3.05) is 19.9 Å². The quantitative estimate of drug-likeness (QED) is 0.265. The van der Waals surface area contributed by atoms with Gasteiger partial charge in [-0.1, -0.05) is 24.3 Å². The summed E-state index contributed by atoms with van der Waals surface area (Å²) in [6.45, 7) is 3.46. The van der Waals surface area contributed by atoms with E-state index in [9.17, 15) is 35.5 Å². The van der Waals surface area contributed by atoms with Gasteiger partial charge < -0.3 is 30.3 Å². The monoisotopic (exact) mass is 687 g/mol. The number of alkyl halides is 6. The summed E-state index contributed by atoms with van der Waals surface area (Å²) < 4.78 is 88.9. The zero-order chi connectivity index (χ0) is 35.2. The Balaban J connectivity index is 0.000000314. The van der Waals surface area contributed by atoms with Gasteiger partial charge in [-0.3, -0.25) is 9.69 Å². The van der Waals surface area contributed by atoms with Gasteiger partial charge in [0.1, 0.15) is 5.82 Å². The van der Waals surface area contributed by atoms with E-state index < -0.39 is 24.3 Å². The molecule has 0 aliphatic carbocycles. The molecule has 0 spiro atoms. The molecule has 0 aromatic heterocycles. The Morgan fingerprint density at radius 2 is 1.54 bits per heavy atom. The number of hydrogen-bond donors (Lipinski definition) is 4. The zero-order valence-electron chi connectivity index (χ0n) is 24.7. The first-order valence-corrected chi connectivity index (χ1v) is 14.1. The van der Waals surface area contributed by atoms with Gasteiger partial charge in [-0.05, 0) is 59.5 Å². The second kappa shape index (κ2) is 14.9.